The molecule has 2 heterocycles. The van der Waals surface area contributed by atoms with Crippen molar-refractivity contribution in [2.24, 2.45) is 4.99 Å². The summed E-state index contributed by atoms with van der Waals surface area (Å²) in [6, 6.07) is 8.23. The normalized spacial score (nSPS) is 19.2. The number of fused-ring (bicyclic) bond motifs is 1. The number of para-hydroxylation sites is 1. The van der Waals surface area contributed by atoms with E-state index in [4.69, 9.17) is 9.47 Å². The number of nitrogens with one attached hydrogen (secondary N) is 1. The SMILES string of the molecule is CC(=NCC1(C)OCCO1)c1c[nH]c2ccccc12. The van der Waals surface area contributed by atoms with Crippen molar-refractivity contribution < 1.29 is 9.47 Å². The van der Waals surface area contributed by atoms with Crippen LogP contribution in [-0.2, 0) is 9.47 Å². The number of hydrogen-bond acceptors (Lipinski definition) is 3. The van der Waals surface area contributed by atoms with Gasteiger partial charge in [0, 0.05) is 28.4 Å². The molecule has 4 nitrogen and oxygen atoms in total. The second-order valence-electron chi connectivity index (χ2n) is 4.98. The zero-order valence-corrected chi connectivity index (χ0v) is 11.3. The van der Waals surface area contributed by atoms with Gasteiger partial charge in [-0.3, -0.25) is 4.99 Å². The standard InChI is InChI=1S/C15H18N2O2/c1-11(17-10-15(2)18-7-8-19-15)13-9-16-14-6-4-3-5-12(13)14/h3-6,9,16H,7-8,10H2,1-2H3. The number of rotatable bonds is 3. The van der Waals surface area contributed by atoms with Crippen LogP contribution in [0.15, 0.2) is 35.5 Å². The molecule has 2 aromatic rings. The summed E-state index contributed by atoms with van der Waals surface area (Å²) < 4.78 is 11.1. The fourth-order valence-electron chi connectivity index (χ4n) is 2.37. The Hall–Kier alpha value is -1.65. The minimum absolute atomic E-state index is 0.526. The summed E-state index contributed by atoms with van der Waals surface area (Å²) in [5.41, 5.74) is 3.27. The van der Waals surface area contributed by atoms with E-state index in [0.717, 1.165) is 16.8 Å². The van der Waals surface area contributed by atoms with Crippen LogP contribution < -0.4 is 0 Å². The van der Waals surface area contributed by atoms with Gasteiger partial charge >= 0.3 is 0 Å². The molecule has 1 aromatic heterocycles. The third-order valence-electron chi connectivity index (χ3n) is 3.48. The molecule has 1 aliphatic heterocycles. The van der Waals surface area contributed by atoms with Crippen molar-refractivity contribution in [3.05, 3.63) is 36.0 Å². The Morgan fingerprint density at radius 1 is 1.32 bits per heavy atom. The van der Waals surface area contributed by atoms with Gasteiger partial charge < -0.3 is 14.5 Å². The van der Waals surface area contributed by atoms with Crippen LogP contribution in [0.25, 0.3) is 10.9 Å². The molecule has 1 aromatic carbocycles. The molecular weight excluding hydrogens is 240 g/mol. The number of aliphatic imine (C=N–C) groups is 1. The maximum atomic E-state index is 5.56. The third kappa shape index (κ3) is 2.41. The minimum Gasteiger partial charge on any atom is -0.360 e. The highest BCUT2D eigenvalue weighted by molar-refractivity contribution is 6.09. The molecule has 1 aliphatic rings. The molecule has 0 bridgehead atoms. The minimum atomic E-state index is -0.562. The van der Waals surface area contributed by atoms with Gasteiger partial charge in [0.2, 0.25) is 0 Å². The second-order valence-corrected chi connectivity index (χ2v) is 4.98. The molecule has 0 aliphatic carbocycles. The molecule has 0 atom stereocenters. The van der Waals surface area contributed by atoms with Gasteiger partial charge in [0.25, 0.3) is 0 Å². The zero-order valence-electron chi connectivity index (χ0n) is 11.3. The van der Waals surface area contributed by atoms with Gasteiger partial charge in [-0.05, 0) is 19.9 Å². The van der Waals surface area contributed by atoms with Gasteiger partial charge in [-0.2, -0.15) is 0 Å². The predicted octanol–water partition coefficient (Wildman–Crippen LogP) is 2.74. The highest BCUT2D eigenvalue weighted by atomic mass is 16.7. The summed E-state index contributed by atoms with van der Waals surface area (Å²) in [6.45, 7) is 5.79. The Morgan fingerprint density at radius 3 is 2.84 bits per heavy atom. The summed E-state index contributed by atoms with van der Waals surface area (Å²) in [6.07, 6.45) is 2.00. The molecule has 0 saturated carbocycles. The smallest absolute Gasteiger partial charge is 0.185 e. The number of nitrogens with zero attached hydrogens (tertiary/aromatic N) is 1. The van der Waals surface area contributed by atoms with Crippen LogP contribution in [0.3, 0.4) is 0 Å². The van der Waals surface area contributed by atoms with Gasteiger partial charge in [-0.25, -0.2) is 0 Å². The fraction of sp³-hybridized carbons (Fsp3) is 0.400. The van der Waals surface area contributed by atoms with Crippen LogP contribution in [0.1, 0.15) is 19.4 Å². The molecule has 0 unspecified atom stereocenters. The van der Waals surface area contributed by atoms with E-state index in [1.54, 1.807) is 0 Å². The summed E-state index contributed by atoms with van der Waals surface area (Å²) in [4.78, 5) is 7.88. The van der Waals surface area contributed by atoms with Crippen molar-refractivity contribution in [2.45, 2.75) is 19.6 Å². The Bertz CT molecular complexity index is 609. The van der Waals surface area contributed by atoms with E-state index in [2.05, 4.69) is 22.1 Å². The number of aromatic nitrogens is 1. The van der Waals surface area contributed by atoms with Crippen molar-refractivity contribution in [3.8, 4) is 0 Å². The van der Waals surface area contributed by atoms with E-state index in [1.807, 2.05) is 32.2 Å². The molecule has 0 amide bonds. The molecule has 100 valence electrons. The first-order chi connectivity index (χ1) is 9.18. The van der Waals surface area contributed by atoms with Crippen molar-refractivity contribution >= 4 is 16.6 Å². The maximum Gasteiger partial charge on any atom is 0.185 e. The average molecular weight is 258 g/mol. The first kappa shape index (κ1) is 12.4. The second kappa shape index (κ2) is 4.79. The van der Waals surface area contributed by atoms with Crippen molar-refractivity contribution in [1.82, 2.24) is 4.98 Å². The quantitative estimate of drug-likeness (QED) is 0.860. The lowest BCUT2D eigenvalue weighted by Crippen LogP contribution is -2.29. The van der Waals surface area contributed by atoms with E-state index >= 15 is 0 Å². The number of hydrogen-bond donors (Lipinski definition) is 1. The lowest BCUT2D eigenvalue weighted by Gasteiger charge is -2.19. The average Bonchev–Trinajstić information content (AvgIpc) is 3.03. The molecule has 1 saturated heterocycles. The maximum absolute atomic E-state index is 5.56. The Morgan fingerprint density at radius 2 is 2.05 bits per heavy atom. The molecule has 0 radical (unpaired) electrons. The fourth-order valence-corrected chi connectivity index (χ4v) is 2.37. The van der Waals surface area contributed by atoms with Gasteiger partial charge in [0.1, 0.15) is 0 Å². The van der Waals surface area contributed by atoms with Gasteiger partial charge in [0.15, 0.2) is 5.79 Å². The highest BCUT2D eigenvalue weighted by Gasteiger charge is 2.30. The largest absolute Gasteiger partial charge is 0.360 e. The lowest BCUT2D eigenvalue weighted by molar-refractivity contribution is -0.132. The van der Waals surface area contributed by atoms with E-state index in [-0.39, 0.29) is 0 Å². The van der Waals surface area contributed by atoms with E-state index < -0.39 is 5.79 Å². The first-order valence-corrected chi connectivity index (χ1v) is 6.53. The van der Waals surface area contributed by atoms with Crippen LogP contribution in [0.4, 0.5) is 0 Å². The van der Waals surface area contributed by atoms with Crippen LogP contribution in [0.5, 0.6) is 0 Å². The first-order valence-electron chi connectivity index (χ1n) is 6.53. The number of benzene rings is 1. The van der Waals surface area contributed by atoms with Gasteiger partial charge in [-0.1, -0.05) is 18.2 Å². The number of ether oxygens (including phenoxy) is 2. The summed E-state index contributed by atoms with van der Waals surface area (Å²) in [5, 5.41) is 1.20. The molecule has 3 rings (SSSR count). The highest BCUT2D eigenvalue weighted by Crippen LogP contribution is 2.21. The topological polar surface area (TPSA) is 46.6 Å². The van der Waals surface area contributed by atoms with Crippen LogP contribution in [0.2, 0.25) is 0 Å². The Labute approximate surface area is 112 Å². The Balaban J connectivity index is 1.85. The molecule has 1 fully saturated rings. The summed E-state index contributed by atoms with van der Waals surface area (Å²) in [7, 11) is 0. The van der Waals surface area contributed by atoms with Crippen molar-refractivity contribution in [3.63, 3.8) is 0 Å². The summed E-state index contributed by atoms with van der Waals surface area (Å²) >= 11 is 0. The third-order valence-corrected chi connectivity index (χ3v) is 3.48. The summed E-state index contributed by atoms with van der Waals surface area (Å²) in [5.74, 6) is -0.562. The molecular formula is C15H18N2O2. The molecule has 4 heteroatoms. The van der Waals surface area contributed by atoms with E-state index in [0.29, 0.717) is 19.8 Å². The zero-order chi connectivity index (χ0) is 13.3. The van der Waals surface area contributed by atoms with Crippen molar-refractivity contribution in [2.75, 3.05) is 19.8 Å². The molecule has 1 N–H and O–H groups in total. The van der Waals surface area contributed by atoms with Crippen LogP contribution >= 0.6 is 0 Å². The van der Waals surface area contributed by atoms with Crippen LogP contribution in [-0.4, -0.2) is 36.2 Å². The van der Waals surface area contributed by atoms with E-state index in [9.17, 15) is 0 Å². The van der Waals surface area contributed by atoms with Crippen molar-refractivity contribution in [1.29, 1.82) is 0 Å². The number of H-pyrrole nitrogens is 1. The Kier molecular flexibility index (Phi) is 3.12. The van der Waals surface area contributed by atoms with Gasteiger partial charge in [0.05, 0.1) is 19.8 Å². The van der Waals surface area contributed by atoms with Gasteiger partial charge in [-0.15, -0.1) is 0 Å². The van der Waals surface area contributed by atoms with Crippen LogP contribution in [0, 0.1) is 0 Å². The monoisotopic (exact) mass is 258 g/mol. The molecule has 0 spiro atoms. The predicted molar refractivity (Wildman–Crippen MR) is 75.7 cm³/mol. The number of aromatic amines is 1. The molecule has 19 heavy (non-hydrogen) atoms. The lowest BCUT2D eigenvalue weighted by atomic mass is 10.1. The van der Waals surface area contributed by atoms with E-state index in [1.165, 1.54) is 5.39 Å².